The number of carbonyl (C=O) groups is 19. The van der Waals surface area contributed by atoms with Gasteiger partial charge in [0.05, 0.1) is 79.9 Å². The van der Waals surface area contributed by atoms with Crippen molar-refractivity contribution in [2.75, 3.05) is 96.2 Å². The number of aliphatic hydroxyl groups is 9. The van der Waals surface area contributed by atoms with Gasteiger partial charge in [-0.05, 0) is 0 Å². The summed E-state index contributed by atoms with van der Waals surface area (Å²) >= 11 is 2.28. The van der Waals surface area contributed by atoms with E-state index in [1.54, 1.807) is 0 Å². The van der Waals surface area contributed by atoms with E-state index in [1.807, 2.05) is 0 Å². The summed E-state index contributed by atoms with van der Waals surface area (Å²) in [6, 6.07) is -8.33. The second-order valence-corrected chi connectivity index (χ2v) is 32.4. The molecule has 0 bridgehead atoms. The number of ether oxygens (including phenoxy) is 6. The first kappa shape index (κ1) is 101. The molecule has 18 unspecified atom stereocenters. The van der Waals surface area contributed by atoms with Gasteiger partial charge in [0.25, 0.3) is 0 Å². The van der Waals surface area contributed by atoms with Crippen LogP contribution in [-0.2, 0) is 120 Å². The predicted octanol–water partition coefficient (Wildman–Crippen LogP) is -11.4. The van der Waals surface area contributed by atoms with Gasteiger partial charge in [-0.1, -0.05) is 0 Å². The number of carboxylic acid groups (broad SMARTS) is 1. The summed E-state index contributed by atoms with van der Waals surface area (Å²) in [4.78, 5) is 250. The van der Waals surface area contributed by atoms with Crippen molar-refractivity contribution in [2.24, 2.45) is 0 Å². The van der Waals surface area contributed by atoms with E-state index in [2.05, 4.69) is 47.9 Å². The summed E-state index contributed by atoms with van der Waals surface area (Å²) in [7, 11) is 0. The van der Waals surface area contributed by atoms with Crippen LogP contribution in [-0.4, -0.2) is 400 Å². The van der Waals surface area contributed by atoms with Crippen molar-refractivity contribution in [3.63, 3.8) is 0 Å². The van der Waals surface area contributed by atoms with E-state index >= 15 is 0 Å². The molecule has 0 radical (unpaired) electrons. The quantitative estimate of drug-likeness (QED) is 0.0199. The van der Waals surface area contributed by atoms with Gasteiger partial charge in [-0.25, -0.2) is 0 Å². The first-order valence-electron chi connectivity index (χ1n) is 38.6. The molecular formula is C71H106N12O35S3. The van der Waals surface area contributed by atoms with Crippen LogP contribution in [0.5, 0.6) is 0 Å². The van der Waals surface area contributed by atoms with Gasteiger partial charge in [0.2, 0.25) is 88.6 Å². The lowest BCUT2D eigenvalue weighted by Crippen LogP contribution is -2.64. The normalized spacial score (nSPS) is 27.4. The lowest BCUT2D eigenvalue weighted by Gasteiger charge is -2.42. The zero-order chi connectivity index (χ0) is 89.6. The molecule has 50 heteroatoms. The van der Waals surface area contributed by atoms with Crippen LogP contribution in [0.4, 0.5) is 0 Å². The summed E-state index contributed by atoms with van der Waals surface area (Å²) in [6.07, 6.45) is -24.1. The van der Waals surface area contributed by atoms with Crippen molar-refractivity contribution in [3.05, 3.63) is 0 Å². The molecule has 6 heterocycles. The molecule has 678 valence electrons. The fourth-order valence-electron chi connectivity index (χ4n) is 13.2. The van der Waals surface area contributed by atoms with Crippen molar-refractivity contribution in [2.45, 2.75) is 231 Å². The fraction of sp³-hybridized carbons (Fsp3) is 0.732. The lowest BCUT2D eigenvalue weighted by atomic mass is 9.97. The number of aliphatic hydroxyl groups excluding tert-OH is 9. The van der Waals surface area contributed by atoms with Gasteiger partial charge < -0.3 is 127 Å². The Balaban J connectivity index is 1.05. The van der Waals surface area contributed by atoms with Gasteiger partial charge in [-0.2, -0.15) is 0 Å². The van der Waals surface area contributed by atoms with Crippen LogP contribution in [0.25, 0.3) is 0 Å². The molecule has 6 rings (SSSR count). The number of Topliss-reactive ketones (excluding diaryl/α,β-unsaturated/α-hetero) is 3. The van der Waals surface area contributed by atoms with Gasteiger partial charge >= 0.3 is 5.97 Å². The van der Waals surface area contributed by atoms with Crippen molar-refractivity contribution < 1.29 is 171 Å². The minimum absolute atomic E-state index is 0.177. The van der Waals surface area contributed by atoms with E-state index in [0.717, 1.165) is 77.7 Å². The zero-order valence-electron chi connectivity index (χ0n) is 66.5. The highest BCUT2D eigenvalue weighted by Gasteiger charge is 2.50. The third-order valence-electron chi connectivity index (χ3n) is 19.6. The van der Waals surface area contributed by atoms with E-state index in [-0.39, 0.29) is 64.6 Å². The Hall–Kier alpha value is -8.42. The Morgan fingerprint density at radius 2 is 0.653 bits per heavy atom. The van der Waals surface area contributed by atoms with Crippen LogP contribution < -0.4 is 47.9 Å². The molecule has 121 heavy (non-hydrogen) atoms. The number of ketones is 3. The van der Waals surface area contributed by atoms with Crippen LogP contribution in [0.1, 0.15) is 105 Å². The summed E-state index contributed by atoms with van der Waals surface area (Å²) in [6.45, 7) is -0.322. The monoisotopic (exact) mass is 1780 g/mol. The van der Waals surface area contributed by atoms with Crippen molar-refractivity contribution in [1.82, 2.24) is 62.6 Å². The number of nitrogens with one attached hydrogen (secondary N) is 9. The Morgan fingerprint density at radius 3 is 0.909 bits per heavy atom. The maximum absolute atomic E-state index is 14.3. The van der Waals surface area contributed by atoms with Crippen LogP contribution in [0.3, 0.4) is 0 Å². The number of aliphatic carboxylic acids is 1. The Morgan fingerprint density at radius 1 is 0.380 bits per heavy atom. The highest BCUT2D eigenvalue weighted by atomic mass is 32.2. The van der Waals surface area contributed by atoms with Gasteiger partial charge in [0.1, 0.15) is 73.1 Å². The van der Waals surface area contributed by atoms with E-state index < -0.39 is 346 Å². The minimum Gasteiger partial charge on any atom is -0.481 e. The average Bonchev–Trinajstić information content (AvgIpc) is 1.81. The number of carbonyl (C=O) groups excluding carboxylic acids is 18. The van der Waals surface area contributed by atoms with Crippen molar-refractivity contribution >= 4 is 147 Å². The largest absolute Gasteiger partial charge is 0.481 e. The Bertz CT molecular complexity index is 3720. The molecule has 6 saturated heterocycles. The average molecular weight is 1780 g/mol. The molecule has 6 aliphatic rings. The number of imide groups is 3. The molecule has 6 fully saturated rings. The first-order chi connectivity index (χ1) is 57.3. The van der Waals surface area contributed by atoms with Gasteiger partial charge in [-0.15, -0.1) is 35.3 Å². The molecule has 0 aromatic heterocycles. The Kier molecular flexibility index (Phi) is 41.7. The van der Waals surface area contributed by atoms with Crippen LogP contribution in [0, 0.1) is 0 Å². The number of hydrogen-bond donors (Lipinski definition) is 19. The molecule has 0 saturated carbocycles. The molecule has 0 spiro atoms. The summed E-state index contributed by atoms with van der Waals surface area (Å²) in [5.74, 6) is -16.1. The number of carboxylic acids is 1. The smallest absolute Gasteiger partial charge is 0.303 e. The summed E-state index contributed by atoms with van der Waals surface area (Å²) in [5, 5.41) is 119. The van der Waals surface area contributed by atoms with E-state index in [1.165, 1.54) is 0 Å². The molecule has 21 atom stereocenters. The number of nitrogens with zero attached hydrogens (tertiary/aromatic N) is 3. The molecule has 0 aliphatic carbocycles. The summed E-state index contributed by atoms with van der Waals surface area (Å²) < 4.78 is 33.2. The molecule has 0 aromatic carbocycles. The minimum atomic E-state index is -1.62. The van der Waals surface area contributed by atoms with Gasteiger partial charge in [-0.3, -0.25) is 106 Å². The standard InChI is InChI=1S/C71H106N12O35S3/c1-32(87)75-36(29-119-45-23-53(99)81(66(45)110)17-11-48(94)72-14-20-113-69-57(76-33(2)88)63(107)60(104)42(26-84)116-69)39(91)5-8-51(97)79-37(30-120-46-24-54(100)82(67(46)111)18-12-49(95)73-15-21-114-70-58(77-34(3)89)64(108)61(105)43(27-85)117-70)40(92)6-9-52(98)80-38(41(93)7-10-56(102)103)31-121-47-25-55(101)83(68(47)112)19-13-50(96)74-16-22-115-71-59(78-35(4)90)65(109)62(106)44(28-86)118-71/h36-38,42-47,57-65,69-71,84-86,104-109H,5-31H2,1-4H3,(H,72,94)(H,73,95)(H,74,96)(H,75,87)(H,76,88)(H,77,89)(H,78,90)(H,79,97)(H,80,98)(H,102,103)/t36-,37-,38-,42?,43?,44?,45?,46?,47?,57?,58?,59?,60?,61?,62?,63?,64?,65?,69?,70?,71?/m0/s1. The maximum Gasteiger partial charge on any atom is 0.303 e. The SMILES string of the molecule is CC(=O)NC1C(OCCNC(=O)CCN2C(=O)CC(SC[C@H](NC(C)=O)C(=O)CCC(=O)N[C@@H](CSC3CC(=O)N(CCC(=O)NCCOC4OC(CO)C(O)C(O)C4NC(C)=O)C3=O)C(=O)CCC(=O)N[C@@H](CSC3CC(=O)N(CCC(=O)NCCOC4OC(CO)C(O)C(O)C4NC(C)=O)C3=O)C(=O)CCC(=O)O)C2=O)OC(CO)C(O)C1O. The van der Waals surface area contributed by atoms with Crippen molar-refractivity contribution in [1.29, 1.82) is 0 Å². The molecule has 47 nitrogen and oxygen atoms in total. The van der Waals surface area contributed by atoms with Crippen LogP contribution in [0.2, 0.25) is 0 Å². The topological polar surface area (TPSA) is 700 Å². The molecule has 15 amide bonds. The highest BCUT2D eigenvalue weighted by molar-refractivity contribution is 8.01. The zero-order valence-corrected chi connectivity index (χ0v) is 68.9. The number of likely N-dealkylation sites (tertiary alicyclic amines) is 3. The molecule has 19 N–H and O–H groups in total. The summed E-state index contributed by atoms with van der Waals surface area (Å²) in [5.41, 5.74) is 0. The number of rotatable bonds is 51. The van der Waals surface area contributed by atoms with E-state index in [4.69, 9.17) is 28.4 Å². The second-order valence-electron chi connectivity index (χ2n) is 28.7. The lowest BCUT2D eigenvalue weighted by molar-refractivity contribution is -0.269. The van der Waals surface area contributed by atoms with E-state index in [0.29, 0.717) is 0 Å². The number of hydrogen-bond acceptors (Lipinski definition) is 37. The van der Waals surface area contributed by atoms with Gasteiger partial charge in [0, 0.05) is 155 Å². The molecule has 0 aromatic rings. The van der Waals surface area contributed by atoms with Crippen LogP contribution >= 0.6 is 35.3 Å². The number of amides is 15. The first-order valence-corrected chi connectivity index (χ1v) is 41.8. The highest BCUT2D eigenvalue weighted by Crippen LogP contribution is 2.31. The second kappa shape index (κ2) is 49.8. The third kappa shape index (κ3) is 31.1. The Labute approximate surface area is 704 Å². The van der Waals surface area contributed by atoms with Crippen LogP contribution in [0.15, 0.2) is 0 Å². The van der Waals surface area contributed by atoms with Gasteiger partial charge in [0.15, 0.2) is 36.2 Å². The fourth-order valence-corrected chi connectivity index (χ4v) is 16.9. The third-order valence-corrected chi connectivity index (χ3v) is 23.4. The van der Waals surface area contributed by atoms with Crippen molar-refractivity contribution in [3.8, 4) is 0 Å². The predicted molar refractivity (Wildman–Crippen MR) is 411 cm³/mol. The molecular weight excluding hydrogens is 1680 g/mol. The maximum atomic E-state index is 14.3. The van der Waals surface area contributed by atoms with E-state index in [9.17, 15) is 142 Å². The molecule has 6 aliphatic heterocycles. The number of thioether (sulfide) groups is 3.